The van der Waals surface area contributed by atoms with Crippen LogP contribution in [-0.4, -0.2) is 52.2 Å². The highest BCUT2D eigenvalue weighted by atomic mass is 79.9. The predicted octanol–water partition coefficient (Wildman–Crippen LogP) is 3.65. The van der Waals surface area contributed by atoms with Gasteiger partial charge in [-0.15, -0.1) is 10.2 Å². The summed E-state index contributed by atoms with van der Waals surface area (Å²) in [6, 6.07) is 15.3. The van der Waals surface area contributed by atoms with Gasteiger partial charge in [0.1, 0.15) is 5.82 Å². The van der Waals surface area contributed by atoms with Crippen LogP contribution in [0.5, 0.6) is 0 Å². The van der Waals surface area contributed by atoms with Gasteiger partial charge in [0, 0.05) is 36.8 Å². The molecule has 8 heteroatoms. The maximum absolute atomic E-state index is 12.7. The molecule has 0 atom stereocenters. The molecule has 3 heterocycles. The molecule has 0 bridgehead atoms. The van der Waals surface area contributed by atoms with Crippen LogP contribution < -0.4 is 10.2 Å². The van der Waals surface area contributed by atoms with Crippen LogP contribution in [0.2, 0.25) is 0 Å². The minimum absolute atomic E-state index is 0.0494. The minimum atomic E-state index is 0.0494. The number of halogens is 1. The van der Waals surface area contributed by atoms with Crippen LogP contribution in [0.4, 0.5) is 17.5 Å². The maximum Gasteiger partial charge on any atom is 0.255 e. The summed E-state index contributed by atoms with van der Waals surface area (Å²) in [4.78, 5) is 21.1. The van der Waals surface area contributed by atoms with E-state index >= 15 is 0 Å². The van der Waals surface area contributed by atoms with Crippen molar-refractivity contribution in [3.63, 3.8) is 0 Å². The first kappa shape index (κ1) is 19.3. The Kier molecular flexibility index (Phi) is 5.71. The lowest BCUT2D eigenvalue weighted by atomic mass is 10.2. The number of piperazine rings is 1. The molecule has 1 amide bonds. The van der Waals surface area contributed by atoms with Crippen LogP contribution in [0.15, 0.2) is 59.2 Å². The summed E-state index contributed by atoms with van der Waals surface area (Å²) in [6.07, 6.45) is 1.80. The zero-order chi connectivity index (χ0) is 20.2. The fraction of sp³-hybridized carbons (Fsp3) is 0.238. The van der Waals surface area contributed by atoms with Gasteiger partial charge in [-0.3, -0.25) is 4.79 Å². The third-order valence-corrected chi connectivity index (χ3v) is 5.50. The van der Waals surface area contributed by atoms with E-state index in [9.17, 15) is 4.79 Å². The monoisotopic (exact) mass is 452 g/mol. The molecular formula is C21H21BrN6O. The summed E-state index contributed by atoms with van der Waals surface area (Å²) in [5.74, 6) is 2.23. The molecule has 29 heavy (non-hydrogen) atoms. The van der Waals surface area contributed by atoms with E-state index in [4.69, 9.17) is 0 Å². The Bertz CT molecular complexity index is 985. The Morgan fingerprint density at radius 2 is 1.72 bits per heavy atom. The molecule has 148 valence electrons. The van der Waals surface area contributed by atoms with Gasteiger partial charge in [-0.05, 0) is 58.7 Å². The van der Waals surface area contributed by atoms with Crippen LogP contribution in [0, 0.1) is 6.92 Å². The van der Waals surface area contributed by atoms with E-state index in [1.54, 1.807) is 6.20 Å². The largest absolute Gasteiger partial charge is 0.352 e. The summed E-state index contributed by atoms with van der Waals surface area (Å²) in [7, 11) is 0. The van der Waals surface area contributed by atoms with Crippen LogP contribution in [-0.2, 0) is 0 Å². The molecule has 0 spiro atoms. The molecule has 0 aliphatic carbocycles. The van der Waals surface area contributed by atoms with Gasteiger partial charge in [0.25, 0.3) is 5.91 Å². The average Bonchev–Trinajstić information content (AvgIpc) is 2.76. The zero-order valence-electron chi connectivity index (χ0n) is 16.0. The van der Waals surface area contributed by atoms with Crippen molar-refractivity contribution in [2.45, 2.75) is 6.92 Å². The van der Waals surface area contributed by atoms with Crippen LogP contribution in [0.25, 0.3) is 0 Å². The molecule has 1 aliphatic rings. The van der Waals surface area contributed by atoms with Crippen molar-refractivity contribution >= 4 is 39.3 Å². The Labute approximate surface area is 177 Å². The minimum Gasteiger partial charge on any atom is -0.352 e. The van der Waals surface area contributed by atoms with E-state index in [2.05, 4.69) is 41.3 Å². The highest BCUT2D eigenvalue weighted by Gasteiger charge is 2.24. The molecule has 0 saturated carbocycles. The van der Waals surface area contributed by atoms with Crippen molar-refractivity contribution in [3.8, 4) is 0 Å². The second-order valence-electron chi connectivity index (χ2n) is 6.88. The second kappa shape index (κ2) is 8.57. The fourth-order valence-electron chi connectivity index (χ4n) is 3.18. The van der Waals surface area contributed by atoms with Crippen molar-refractivity contribution in [1.82, 2.24) is 20.1 Å². The van der Waals surface area contributed by atoms with Crippen molar-refractivity contribution in [2.75, 3.05) is 36.4 Å². The SMILES string of the molecule is Cc1ccc(Nc2ccc(N3CCN(C(=O)c4ccccc4Br)CC3)nn2)nc1. The van der Waals surface area contributed by atoms with E-state index < -0.39 is 0 Å². The number of hydrogen-bond donors (Lipinski definition) is 1. The maximum atomic E-state index is 12.7. The van der Waals surface area contributed by atoms with Gasteiger partial charge in [0.05, 0.1) is 5.56 Å². The highest BCUT2D eigenvalue weighted by Crippen LogP contribution is 2.20. The number of nitrogens with one attached hydrogen (secondary N) is 1. The summed E-state index contributed by atoms with van der Waals surface area (Å²) in [6.45, 7) is 4.73. The Hall–Kier alpha value is -3.00. The van der Waals surface area contributed by atoms with Crippen molar-refractivity contribution in [2.24, 2.45) is 0 Å². The number of aromatic nitrogens is 3. The average molecular weight is 453 g/mol. The molecule has 1 aromatic carbocycles. The van der Waals surface area contributed by atoms with Gasteiger partial charge in [-0.1, -0.05) is 18.2 Å². The lowest BCUT2D eigenvalue weighted by molar-refractivity contribution is 0.0745. The zero-order valence-corrected chi connectivity index (χ0v) is 17.6. The van der Waals surface area contributed by atoms with Crippen molar-refractivity contribution in [3.05, 3.63) is 70.3 Å². The molecule has 1 saturated heterocycles. The third kappa shape index (κ3) is 4.54. The van der Waals surface area contributed by atoms with Crippen molar-refractivity contribution < 1.29 is 4.79 Å². The molecule has 7 nitrogen and oxygen atoms in total. The van der Waals surface area contributed by atoms with E-state index in [1.807, 2.05) is 60.4 Å². The Balaban J connectivity index is 1.35. The molecule has 1 aliphatic heterocycles. The number of carbonyl (C=O) groups excluding carboxylic acids is 1. The van der Waals surface area contributed by atoms with Crippen LogP contribution in [0.1, 0.15) is 15.9 Å². The van der Waals surface area contributed by atoms with E-state index in [0.717, 1.165) is 34.8 Å². The van der Waals surface area contributed by atoms with Crippen molar-refractivity contribution in [1.29, 1.82) is 0 Å². The molecule has 1 N–H and O–H groups in total. The van der Waals surface area contributed by atoms with E-state index in [1.165, 1.54) is 0 Å². The molecule has 0 radical (unpaired) electrons. The third-order valence-electron chi connectivity index (χ3n) is 4.81. The number of amides is 1. The normalized spacial score (nSPS) is 14.0. The topological polar surface area (TPSA) is 74.2 Å². The number of benzene rings is 1. The quantitative estimate of drug-likeness (QED) is 0.650. The first-order valence-electron chi connectivity index (χ1n) is 9.42. The summed E-state index contributed by atoms with van der Waals surface area (Å²) >= 11 is 3.46. The number of anilines is 3. The molecule has 2 aromatic heterocycles. The van der Waals surface area contributed by atoms with Gasteiger partial charge in [-0.2, -0.15) is 0 Å². The van der Waals surface area contributed by atoms with Gasteiger partial charge in [0.2, 0.25) is 0 Å². The van der Waals surface area contributed by atoms with Crippen LogP contribution >= 0.6 is 15.9 Å². The molecule has 0 unspecified atom stereocenters. The number of aryl methyl sites for hydroxylation is 1. The van der Waals surface area contributed by atoms with E-state index in [0.29, 0.717) is 24.5 Å². The highest BCUT2D eigenvalue weighted by molar-refractivity contribution is 9.10. The molecular weight excluding hydrogens is 432 g/mol. The predicted molar refractivity (Wildman–Crippen MR) is 117 cm³/mol. The number of carbonyl (C=O) groups is 1. The Morgan fingerprint density at radius 3 is 2.38 bits per heavy atom. The molecule has 3 aromatic rings. The second-order valence-corrected chi connectivity index (χ2v) is 7.74. The fourth-order valence-corrected chi connectivity index (χ4v) is 3.63. The molecule has 1 fully saturated rings. The standard InChI is InChI=1S/C21H21BrN6O/c1-15-6-7-18(23-14-15)24-19-8-9-20(26-25-19)27-10-12-28(13-11-27)21(29)16-4-2-3-5-17(16)22/h2-9,14H,10-13H2,1H3,(H,23,24,25). The van der Waals surface area contributed by atoms with E-state index in [-0.39, 0.29) is 5.91 Å². The first-order chi connectivity index (χ1) is 14.1. The lowest BCUT2D eigenvalue weighted by Crippen LogP contribution is -2.49. The molecule has 4 rings (SSSR count). The number of hydrogen-bond acceptors (Lipinski definition) is 6. The Morgan fingerprint density at radius 1 is 0.966 bits per heavy atom. The summed E-state index contributed by atoms with van der Waals surface area (Å²) < 4.78 is 0.824. The lowest BCUT2D eigenvalue weighted by Gasteiger charge is -2.35. The van der Waals surface area contributed by atoms with Gasteiger partial charge in [0.15, 0.2) is 11.6 Å². The first-order valence-corrected chi connectivity index (χ1v) is 10.2. The summed E-state index contributed by atoms with van der Waals surface area (Å²) in [5, 5.41) is 11.7. The number of pyridine rings is 1. The number of rotatable bonds is 4. The van der Waals surface area contributed by atoms with Gasteiger partial charge >= 0.3 is 0 Å². The smallest absolute Gasteiger partial charge is 0.255 e. The number of nitrogens with zero attached hydrogens (tertiary/aromatic N) is 5. The van der Waals surface area contributed by atoms with Crippen LogP contribution in [0.3, 0.4) is 0 Å². The van der Waals surface area contributed by atoms with Gasteiger partial charge < -0.3 is 15.1 Å². The van der Waals surface area contributed by atoms with Gasteiger partial charge in [-0.25, -0.2) is 4.98 Å². The summed E-state index contributed by atoms with van der Waals surface area (Å²) in [5.41, 5.74) is 1.80.